The van der Waals surface area contributed by atoms with Crippen LogP contribution in [-0.2, 0) is 16.7 Å². The fraction of sp³-hybridized carbons (Fsp3) is 0.500. The molecule has 1 aromatic heterocycles. The zero-order valence-electron chi connectivity index (χ0n) is 10.8. The Kier molecular flexibility index (Phi) is 3.46. The van der Waals surface area contributed by atoms with Crippen LogP contribution in [0.5, 0.6) is 0 Å². The summed E-state index contributed by atoms with van der Waals surface area (Å²) in [6.45, 7) is 3.67. The van der Waals surface area contributed by atoms with Gasteiger partial charge in [-0.15, -0.1) is 11.6 Å². The van der Waals surface area contributed by atoms with Gasteiger partial charge in [-0.05, 0) is 25.5 Å². The average Bonchev–Trinajstić information content (AvgIpc) is 2.95. The molecule has 0 radical (unpaired) electrons. The van der Waals surface area contributed by atoms with E-state index in [2.05, 4.69) is 11.5 Å². The van der Waals surface area contributed by atoms with Crippen LogP contribution in [0.25, 0.3) is 11.0 Å². The standard InChI is InChI=1S/C14H16Cl2N2O/c1-14(6-8-19-9-14)18-12(5-7-15)17-11-4-2-3-10(16)13(11)18/h2-4H,5-9H2,1H3. The third-order valence-corrected chi connectivity index (χ3v) is 4.25. The van der Waals surface area contributed by atoms with Crippen molar-refractivity contribution in [3.8, 4) is 0 Å². The maximum Gasteiger partial charge on any atom is 0.111 e. The van der Waals surface area contributed by atoms with Gasteiger partial charge >= 0.3 is 0 Å². The minimum atomic E-state index is -0.0822. The highest BCUT2D eigenvalue weighted by molar-refractivity contribution is 6.35. The van der Waals surface area contributed by atoms with Crippen LogP contribution in [0.4, 0.5) is 0 Å². The van der Waals surface area contributed by atoms with Crippen LogP contribution in [0.3, 0.4) is 0 Å². The lowest BCUT2D eigenvalue weighted by Gasteiger charge is -2.27. The molecule has 2 heterocycles. The Morgan fingerprint density at radius 2 is 2.32 bits per heavy atom. The van der Waals surface area contributed by atoms with E-state index in [1.54, 1.807) is 0 Å². The van der Waals surface area contributed by atoms with E-state index in [1.807, 2.05) is 18.2 Å². The Bertz CT molecular complexity index is 603. The number of aromatic nitrogens is 2. The lowest BCUT2D eigenvalue weighted by Crippen LogP contribution is -2.32. The molecule has 3 rings (SSSR count). The number of ether oxygens (including phenoxy) is 1. The van der Waals surface area contributed by atoms with Gasteiger partial charge in [0.25, 0.3) is 0 Å². The normalized spacial score (nSPS) is 23.3. The van der Waals surface area contributed by atoms with Crippen molar-refractivity contribution in [2.24, 2.45) is 0 Å². The molecular formula is C14H16Cl2N2O. The number of para-hydroxylation sites is 1. The van der Waals surface area contributed by atoms with Crippen LogP contribution in [0.2, 0.25) is 5.02 Å². The van der Waals surface area contributed by atoms with Gasteiger partial charge in [0.1, 0.15) is 5.82 Å². The number of imidazole rings is 1. The monoisotopic (exact) mass is 298 g/mol. The van der Waals surface area contributed by atoms with Crippen molar-refractivity contribution in [3.05, 3.63) is 29.0 Å². The molecule has 2 aromatic rings. The van der Waals surface area contributed by atoms with E-state index in [1.165, 1.54) is 0 Å². The molecule has 5 heteroatoms. The number of rotatable bonds is 3. The van der Waals surface area contributed by atoms with Gasteiger partial charge in [0.2, 0.25) is 0 Å². The number of alkyl halides is 1. The van der Waals surface area contributed by atoms with Crippen LogP contribution in [0.1, 0.15) is 19.2 Å². The minimum absolute atomic E-state index is 0.0822. The van der Waals surface area contributed by atoms with E-state index in [9.17, 15) is 0 Å². The molecule has 0 saturated carbocycles. The van der Waals surface area contributed by atoms with Crippen molar-refractivity contribution in [1.82, 2.24) is 9.55 Å². The van der Waals surface area contributed by atoms with Crippen molar-refractivity contribution in [3.63, 3.8) is 0 Å². The van der Waals surface area contributed by atoms with E-state index < -0.39 is 0 Å². The van der Waals surface area contributed by atoms with Crippen LogP contribution in [0.15, 0.2) is 18.2 Å². The molecule has 0 N–H and O–H groups in total. The molecule has 19 heavy (non-hydrogen) atoms. The highest BCUT2D eigenvalue weighted by atomic mass is 35.5. The molecule has 1 aliphatic heterocycles. The van der Waals surface area contributed by atoms with Crippen molar-refractivity contribution >= 4 is 34.2 Å². The van der Waals surface area contributed by atoms with E-state index in [0.717, 1.165) is 41.3 Å². The molecule has 0 bridgehead atoms. The molecule has 1 aliphatic rings. The summed E-state index contributed by atoms with van der Waals surface area (Å²) in [6.07, 6.45) is 1.71. The molecule has 1 fully saturated rings. The van der Waals surface area contributed by atoms with E-state index in [-0.39, 0.29) is 5.54 Å². The van der Waals surface area contributed by atoms with Gasteiger partial charge in [0, 0.05) is 18.9 Å². The van der Waals surface area contributed by atoms with Gasteiger partial charge in [-0.25, -0.2) is 4.98 Å². The minimum Gasteiger partial charge on any atom is -0.379 e. The summed E-state index contributed by atoms with van der Waals surface area (Å²) in [6, 6.07) is 5.83. The first-order valence-electron chi connectivity index (χ1n) is 6.46. The predicted octanol–water partition coefficient (Wildman–Crippen LogP) is 3.61. The van der Waals surface area contributed by atoms with Crippen molar-refractivity contribution in [2.75, 3.05) is 19.1 Å². The number of benzene rings is 1. The summed E-state index contributed by atoms with van der Waals surface area (Å²) in [4.78, 5) is 4.69. The van der Waals surface area contributed by atoms with Crippen molar-refractivity contribution in [2.45, 2.75) is 25.3 Å². The molecule has 1 aromatic carbocycles. The van der Waals surface area contributed by atoms with E-state index in [0.29, 0.717) is 12.5 Å². The number of hydrogen-bond donors (Lipinski definition) is 0. The highest BCUT2D eigenvalue weighted by Crippen LogP contribution is 2.35. The molecule has 3 nitrogen and oxygen atoms in total. The SMILES string of the molecule is CC1(n2c(CCCl)nc3cccc(Cl)c32)CCOC1. The topological polar surface area (TPSA) is 27.1 Å². The third kappa shape index (κ3) is 2.14. The van der Waals surface area contributed by atoms with Gasteiger partial charge in [-0.2, -0.15) is 0 Å². The van der Waals surface area contributed by atoms with E-state index >= 15 is 0 Å². The van der Waals surface area contributed by atoms with Crippen molar-refractivity contribution in [1.29, 1.82) is 0 Å². The Morgan fingerprint density at radius 3 is 3.00 bits per heavy atom. The second-order valence-electron chi connectivity index (χ2n) is 5.21. The molecule has 1 saturated heterocycles. The highest BCUT2D eigenvalue weighted by Gasteiger charge is 2.35. The molecule has 102 valence electrons. The van der Waals surface area contributed by atoms with Gasteiger partial charge in [0.05, 0.1) is 28.2 Å². The Hall–Kier alpha value is -0.770. The summed E-state index contributed by atoms with van der Waals surface area (Å²) < 4.78 is 7.82. The second-order valence-corrected chi connectivity index (χ2v) is 5.99. The zero-order chi connectivity index (χ0) is 13.5. The molecular weight excluding hydrogens is 283 g/mol. The lowest BCUT2D eigenvalue weighted by atomic mass is 10.0. The van der Waals surface area contributed by atoms with Crippen molar-refractivity contribution < 1.29 is 4.74 Å². The number of aryl methyl sites for hydroxylation is 1. The summed E-state index contributed by atoms with van der Waals surface area (Å²) in [7, 11) is 0. The molecule has 1 atom stereocenters. The first-order chi connectivity index (χ1) is 9.15. The van der Waals surface area contributed by atoms with Crippen LogP contribution in [-0.4, -0.2) is 28.6 Å². The molecule has 0 spiro atoms. The van der Waals surface area contributed by atoms with Gasteiger partial charge in [-0.1, -0.05) is 17.7 Å². The first-order valence-corrected chi connectivity index (χ1v) is 7.37. The lowest BCUT2D eigenvalue weighted by molar-refractivity contribution is 0.162. The smallest absolute Gasteiger partial charge is 0.111 e. The van der Waals surface area contributed by atoms with Crippen LogP contribution in [0, 0.1) is 0 Å². The fourth-order valence-corrected chi connectivity index (χ4v) is 3.22. The van der Waals surface area contributed by atoms with Crippen LogP contribution >= 0.6 is 23.2 Å². The number of fused-ring (bicyclic) bond motifs is 1. The maximum atomic E-state index is 6.38. The Balaban J connectivity index is 2.27. The number of halogens is 2. The fourth-order valence-electron chi connectivity index (χ4n) is 2.80. The summed E-state index contributed by atoms with van der Waals surface area (Å²) in [5.41, 5.74) is 1.85. The summed E-state index contributed by atoms with van der Waals surface area (Å²) in [5.74, 6) is 1.55. The number of hydrogen-bond acceptors (Lipinski definition) is 2. The Morgan fingerprint density at radius 1 is 1.47 bits per heavy atom. The Labute approximate surface area is 122 Å². The van der Waals surface area contributed by atoms with Gasteiger partial charge in [-0.3, -0.25) is 0 Å². The molecule has 0 aliphatic carbocycles. The van der Waals surface area contributed by atoms with Gasteiger partial charge < -0.3 is 9.30 Å². The number of nitrogens with zero attached hydrogens (tertiary/aromatic N) is 2. The predicted molar refractivity (Wildman–Crippen MR) is 78.3 cm³/mol. The van der Waals surface area contributed by atoms with E-state index in [4.69, 9.17) is 32.9 Å². The first kappa shape index (κ1) is 13.2. The van der Waals surface area contributed by atoms with Gasteiger partial charge in [0.15, 0.2) is 0 Å². The maximum absolute atomic E-state index is 6.38. The largest absolute Gasteiger partial charge is 0.379 e. The summed E-state index contributed by atoms with van der Waals surface area (Å²) >= 11 is 12.3. The second kappa shape index (κ2) is 4.97. The average molecular weight is 299 g/mol. The zero-order valence-corrected chi connectivity index (χ0v) is 12.3. The third-order valence-electron chi connectivity index (χ3n) is 3.75. The van der Waals surface area contributed by atoms with Crippen LogP contribution < -0.4 is 0 Å². The molecule has 0 amide bonds. The quantitative estimate of drug-likeness (QED) is 0.810. The summed E-state index contributed by atoms with van der Waals surface area (Å²) in [5, 5.41) is 0.735. The molecule has 1 unspecified atom stereocenters.